The summed E-state index contributed by atoms with van der Waals surface area (Å²) in [5, 5.41) is 13.0. The van der Waals surface area contributed by atoms with E-state index in [4.69, 9.17) is 4.74 Å². The summed E-state index contributed by atoms with van der Waals surface area (Å²) in [5.41, 5.74) is 5.55. The Balaban J connectivity index is 2.90. The smallest absolute Gasteiger partial charge is 0.146 e. The molecule has 122 valence electrons. The Morgan fingerprint density at radius 3 is 2.10 bits per heavy atom. The van der Waals surface area contributed by atoms with Gasteiger partial charge >= 0.3 is 0 Å². The monoisotopic (exact) mass is 311 g/mol. The van der Waals surface area contributed by atoms with Gasteiger partial charge in [-0.2, -0.15) is 0 Å². The Bertz CT molecular complexity index is 343. The van der Waals surface area contributed by atoms with Crippen LogP contribution in [0.15, 0.2) is 0 Å². The van der Waals surface area contributed by atoms with Gasteiger partial charge in [0.05, 0.1) is 19.3 Å². The lowest BCUT2D eigenvalue weighted by Crippen LogP contribution is -2.45. The molecule has 0 aromatic carbocycles. The maximum absolute atomic E-state index is 9.61. The number of aliphatic hydroxyl groups is 1. The molecule has 0 aliphatic carbocycles. The van der Waals surface area contributed by atoms with Gasteiger partial charge in [-0.05, 0) is 23.0 Å². The van der Waals surface area contributed by atoms with Gasteiger partial charge < -0.3 is 9.84 Å². The summed E-state index contributed by atoms with van der Waals surface area (Å²) in [6.07, 6.45) is 1.01. The van der Waals surface area contributed by atoms with Gasteiger partial charge in [-0.1, -0.05) is 47.5 Å². The highest BCUT2D eigenvalue weighted by Crippen LogP contribution is 2.40. The molecule has 4 heteroatoms. The third-order valence-electron chi connectivity index (χ3n) is 4.88. The van der Waals surface area contributed by atoms with E-state index in [1.165, 1.54) is 0 Å². The summed E-state index contributed by atoms with van der Waals surface area (Å²) in [6, 6.07) is 0.212. The van der Waals surface area contributed by atoms with Crippen molar-refractivity contribution in [3.05, 3.63) is 0 Å². The van der Waals surface area contributed by atoms with E-state index in [2.05, 4.69) is 58.3 Å². The normalized spacial score (nSPS) is 21.0. The van der Waals surface area contributed by atoms with Crippen LogP contribution in [0.5, 0.6) is 0 Å². The molecule has 1 fully saturated rings. The molecule has 0 aromatic rings. The van der Waals surface area contributed by atoms with Gasteiger partial charge in [0.25, 0.3) is 0 Å². The highest BCUT2D eigenvalue weighted by Gasteiger charge is 2.41. The Morgan fingerprint density at radius 1 is 1.14 bits per heavy atom. The standard InChI is InChI=1S/C17H33NO2Si/c1-13(2)21(14(3)4,15(5)6)10-8-16(11-19)18-17-7-9-20-12-17/h13-19H,7,9,11-12H2,1-6H3. The van der Waals surface area contributed by atoms with Crippen LogP contribution >= 0.6 is 0 Å². The Kier molecular flexibility index (Phi) is 7.42. The highest BCUT2D eigenvalue weighted by atomic mass is 28.3. The molecule has 1 saturated heterocycles. The summed E-state index contributed by atoms with van der Waals surface area (Å²) in [7, 11) is -1.71. The lowest BCUT2D eigenvalue weighted by molar-refractivity contribution is 0.185. The molecule has 0 amide bonds. The zero-order valence-corrected chi connectivity index (χ0v) is 15.6. The zero-order valence-electron chi connectivity index (χ0n) is 14.6. The molecule has 2 N–H and O–H groups in total. The maximum atomic E-state index is 9.61. The third kappa shape index (κ3) is 4.56. The average Bonchev–Trinajstić information content (AvgIpc) is 2.89. The summed E-state index contributed by atoms with van der Waals surface area (Å²) in [5.74, 6) is 3.38. The van der Waals surface area contributed by atoms with Crippen molar-refractivity contribution in [3.8, 4) is 11.5 Å². The van der Waals surface area contributed by atoms with Crippen LogP contribution in [-0.2, 0) is 4.74 Å². The van der Waals surface area contributed by atoms with E-state index in [-0.39, 0.29) is 12.6 Å². The second kappa shape index (κ2) is 8.33. The van der Waals surface area contributed by atoms with Gasteiger partial charge in [0.1, 0.15) is 8.07 Å². The fraction of sp³-hybridized carbons (Fsp3) is 0.882. The molecule has 3 nitrogen and oxygen atoms in total. The Labute approximate surface area is 131 Å². The topological polar surface area (TPSA) is 41.5 Å². The molecule has 1 rings (SSSR count). The van der Waals surface area contributed by atoms with Crippen LogP contribution in [0.1, 0.15) is 48.0 Å². The lowest BCUT2D eigenvalue weighted by Gasteiger charge is -2.38. The van der Waals surface area contributed by atoms with E-state index in [0.29, 0.717) is 22.7 Å². The average molecular weight is 312 g/mol. The molecule has 2 atom stereocenters. The number of hydrogen-bond acceptors (Lipinski definition) is 3. The van der Waals surface area contributed by atoms with Crippen molar-refractivity contribution in [2.24, 2.45) is 0 Å². The summed E-state index contributed by atoms with van der Waals surface area (Å²) >= 11 is 0. The number of aliphatic hydroxyl groups excluding tert-OH is 1. The van der Waals surface area contributed by atoms with Gasteiger partial charge in [0.15, 0.2) is 0 Å². The van der Waals surface area contributed by atoms with E-state index in [1.807, 2.05) is 0 Å². The molecular weight excluding hydrogens is 278 g/mol. The van der Waals surface area contributed by atoms with Crippen LogP contribution in [0.4, 0.5) is 0 Å². The van der Waals surface area contributed by atoms with E-state index in [1.54, 1.807) is 0 Å². The first kappa shape index (κ1) is 18.7. The van der Waals surface area contributed by atoms with Crippen LogP contribution in [0.25, 0.3) is 0 Å². The molecule has 0 saturated carbocycles. The van der Waals surface area contributed by atoms with E-state index in [0.717, 1.165) is 19.6 Å². The number of hydrogen-bond donors (Lipinski definition) is 2. The third-order valence-corrected chi connectivity index (χ3v) is 11.2. The summed E-state index contributed by atoms with van der Waals surface area (Å²) in [6.45, 7) is 15.5. The van der Waals surface area contributed by atoms with Crippen molar-refractivity contribution in [3.63, 3.8) is 0 Å². The fourth-order valence-electron chi connectivity index (χ4n) is 3.74. The molecule has 1 aliphatic rings. The predicted molar refractivity (Wildman–Crippen MR) is 92.1 cm³/mol. The van der Waals surface area contributed by atoms with Crippen molar-refractivity contribution >= 4 is 8.07 Å². The summed E-state index contributed by atoms with van der Waals surface area (Å²) < 4.78 is 5.38. The molecule has 2 unspecified atom stereocenters. The number of rotatable bonds is 6. The fourth-order valence-corrected chi connectivity index (χ4v) is 9.03. The summed E-state index contributed by atoms with van der Waals surface area (Å²) in [4.78, 5) is 0. The molecule has 0 bridgehead atoms. The Hall–Kier alpha value is -0.343. The Morgan fingerprint density at radius 2 is 1.71 bits per heavy atom. The number of ether oxygens (including phenoxy) is 1. The van der Waals surface area contributed by atoms with Crippen molar-refractivity contribution in [1.82, 2.24) is 5.32 Å². The first-order chi connectivity index (χ1) is 9.84. The van der Waals surface area contributed by atoms with E-state index in [9.17, 15) is 5.11 Å². The van der Waals surface area contributed by atoms with E-state index < -0.39 is 8.07 Å². The second-order valence-electron chi connectivity index (χ2n) is 7.13. The minimum atomic E-state index is -1.71. The largest absolute Gasteiger partial charge is 0.394 e. The molecular formula is C17H33NO2Si. The van der Waals surface area contributed by atoms with Crippen LogP contribution in [-0.4, -0.2) is 45.1 Å². The molecule has 0 spiro atoms. The van der Waals surface area contributed by atoms with Crippen LogP contribution in [0.3, 0.4) is 0 Å². The highest BCUT2D eigenvalue weighted by molar-refractivity contribution is 6.90. The first-order valence-electron chi connectivity index (χ1n) is 8.31. The molecule has 1 aliphatic heterocycles. The van der Waals surface area contributed by atoms with Crippen molar-refractivity contribution in [2.45, 2.75) is 76.7 Å². The van der Waals surface area contributed by atoms with Crippen LogP contribution < -0.4 is 5.32 Å². The predicted octanol–water partition coefficient (Wildman–Crippen LogP) is 2.95. The minimum absolute atomic E-state index is 0.0717. The zero-order chi connectivity index (χ0) is 16.0. The van der Waals surface area contributed by atoms with Gasteiger partial charge in [0.2, 0.25) is 0 Å². The van der Waals surface area contributed by atoms with E-state index >= 15 is 0 Å². The van der Waals surface area contributed by atoms with Crippen LogP contribution in [0.2, 0.25) is 16.6 Å². The SMILES string of the molecule is CC(C)[Si](C#CC(CO)NC1CCOC1)(C(C)C)C(C)C. The van der Waals surface area contributed by atoms with Crippen molar-refractivity contribution < 1.29 is 9.84 Å². The number of nitrogens with one attached hydrogen (secondary N) is 1. The van der Waals surface area contributed by atoms with Crippen molar-refractivity contribution in [1.29, 1.82) is 0 Å². The minimum Gasteiger partial charge on any atom is -0.394 e. The maximum Gasteiger partial charge on any atom is 0.146 e. The molecule has 0 radical (unpaired) electrons. The lowest BCUT2D eigenvalue weighted by atomic mass is 10.2. The van der Waals surface area contributed by atoms with Gasteiger partial charge in [-0.3, -0.25) is 5.32 Å². The second-order valence-corrected chi connectivity index (χ2v) is 12.7. The molecule has 21 heavy (non-hydrogen) atoms. The van der Waals surface area contributed by atoms with Crippen molar-refractivity contribution in [2.75, 3.05) is 19.8 Å². The first-order valence-corrected chi connectivity index (χ1v) is 10.5. The molecule has 0 aromatic heterocycles. The van der Waals surface area contributed by atoms with Crippen LogP contribution in [0, 0.1) is 11.5 Å². The van der Waals surface area contributed by atoms with Gasteiger partial charge in [-0.25, -0.2) is 0 Å². The quantitative estimate of drug-likeness (QED) is 0.585. The van der Waals surface area contributed by atoms with Gasteiger partial charge in [0, 0.05) is 12.6 Å². The van der Waals surface area contributed by atoms with Gasteiger partial charge in [-0.15, -0.1) is 5.54 Å². The molecule has 1 heterocycles.